The van der Waals surface area contributed by atoms with Crippen LogP contribution < -0.4 is 16.4 Å². The number of carbonyl (C=O) groups excluding carboxylic acids is 3. The SMILES string of the molecule is Cc1ccc(NC(=O)NCCCN2C(=O)c3ccc(Br)cc3C2=O)c(N)c1. The first-order valence-electron chi connectivity index (χ1n) is 8.43. The normalized spacial score (nSPS) is 12.9. The quantitative estimate of drug-likeness (QED) is 0.384. The molecule has 4 N–H and O–H groups in total. The van der Waals surface area contributed by atoms with Crippen LogP contribution in [0.1, 0.15) is 32.7 Å². The first-order valence-corrected chi connectivity index (χ1v) is 9.23. The number of imide groups is 1. The van der Waals surface area contributed by atoms with E-state index in [1.165, 1.54) is 4.90 Å². The number of anilines is 2. The Bertz CT molecular complexity index is 929. The zero-order valence-corrected chi connectivity index (χ0v) is 16.3. The van der Waals surface area contributed by atoms with E-state index in [-0.39, 0.29) is 18.4 Å². The van der Waals surface area contributed by atoms with Crippen molar-refractivity contribution in [1.82, 2.24) is 10.2 Å². The molecule has 0 aromatic heterocycles. The topological polar surface area (TPSA) is 105 Å². The number of fused-ring (bicyclic) bond motifs is 1. The zero-order chi connectivity index (χ0) is 19.6. The fraction of sp³-hybridized carbons (Fsp3) is 0.211. The van der Waals surface area contributed by atoms with E-state index < -0.39 is 6.03 Å². The summed E-state index contributed by atoms with van der Waals surface area (Å²) >= 11 is 3.30. The number of amides is 4. The van der Waals surface area contributed by atoms with Crippen molar-refractivity contribution in [2.75, 3.05) is 24.1 Å². The Balaban J connectivity index is 1.48. The first-order chi connectivity index (χ1) is 12.9. The molecular formula is C19H19BrN4O3. The van der Waals surface area contributed by atoms with Crippen LogP contribution in [-0.4, -0.2) is 35.8 Å². The van der Waals surface area contributed by atoms with Crippen LogP contribution in [0.2, 0.25) is 0 Å². The van der Waals surface area contributed by atoms with Crippen LogP contribution in [-0.2, 0) is 0 Å². The lowest BCUT2D eigenvalue weighted by atomic mass is 10.1. The summed E-state index contributed by atoms with van der Waals surface area (Å²) in [7, 11) is 0. The number of nitrogens with two attached hydrogens (primary N) is 1. The molecule has 0 fully saturated rings. The number of halogens is 1. The Hall–Kier alpha value is -2.87. The third-order valence-corrected chi connectivity index (χ3v) is 4.73. The number of aryl methyl sites for hydroxylation is 1. The lowest BCUT2D eigenvalue weighted by molar-refractivity contribution is 0.0653. The van der Waals surface area contributed by atoms with Crippen LogP contribution in [0, 0.1) is 6.92 Å². The number of nitrogens with zero attached hydrogens (tertiary/aromatic N) is 1. The maximum Gasteiger partial charge on any atom is 0.319 e. The third-order valence-electron chi connectivity index (χ3n) is 4.23. The molecule has 0 atom stereocenters. The van der Waals surface area contributed by atoms with E-state index in [0.29, 0.717) is 35.5 Å². The smallest absolute Gasteiger partial charge is 0.319 e. The number of hydrogen-bond donors (Lipinski definition) is 3. The number of nitrogens with one attached hydrogen (secondary N) is 2. The highest BCUT2D eigenvalue weighted by molar-refractivity contribution is 9.10. The molecule has 0 saturated heterocycles. The summed E-state index contributed by atoms with van der Waals surface area (Å²) in [6.45, 7) is 2.46. The number of urea groups is 1. The van der Waals surface area contributed by atoms with Crippen LogP contribution in [0.3, 0.4) is 0 Å². The zero-order valence-electron chi connectivity index (χ0n) is 14.7. The fourth-order valence-electron chi connectivity index (χ4n) is 2.87. The number of carbonyl (C=O) groups is 3. The molecule has 8 heteroatoms. The van der Waals surface area contributed by atoms with Crippen molar-refractivity contribution < 1.29 is 14.4 Å². The highest BCUT2D eigenvalue weighted by atomic mass is 79.9. The minimum Gasteiger partial charge on any atom is -0.397 e. The van der Waals surface area contributed by atoms with E-state index in [9.17, 15) is 14.4 Å². The predicted octanol–water partition coefficient (Wildman–Crippen LogP) is 3.15. The molecule has 0 saturated carbocycles. The first kappa shape index (κ1) is 18.9. The average Bonchev–Trinajstić information content (AvgIpc) is 2.85. The molecule has 140 valence electrons. The van der Waals surface area contributed by atoms with E-state index in [1.807, 2.05) is 13.0 Å². The van der Waals surface area contributed by atoms with Crippen LogP contribution in [0.5, 0.6) is 0 Å². The predicted molar refractivity (Wildman–Crippen MR) is 107 cm³/mol. The van der Waals surface area contributed by atoms with Gasteiger partial charge in [0.2, 0.25) is 0 Å². The number of nitrogen functional groups attached to an aromatic ring is 1. The van der Waals surface area contributed by atoms with Crippen molar-refractivity contribution in [2.45, 2.75) is 13.3 Å². The maximum atomic E-state index is 12.4. The highest BCUT2D eigenvalue weighted by Crippen LogP contribution is 2.26. The van der Waals surface area contributed by atoms with Crippen molar-refractivity contribution >= 4 is 45.2 Å². The van der Waals surface area contributed by atoms with Crippen molar-refractivity contribution in [3.8, 4) is 0 Å². The monoisotopic (exact) mass is 430 g/mol. The fourth-order valence-corrected chi connectivity index (χ4v) is 3.23. The second-order valence-corrected chi connectivity index (χ2v) is 7.19. The maximum absolute atomic E-state index is 12.4. The van der Waals surface area contributed by atoms with Gasteiger partial charge in [-0.1, -0.05) is 22.0 Å². The van der Waals surface area contributed by atoms with Crippen molar-refractivity contribution in [2.24, 2.45) is 0 Å². The molecule has 7 nitrogen and oxygen atoms in total. The molecular weight excluding hydrogens is 412 g/mol. The third kappa shape index (κ3) is 4.11. The van der Waals surface area contributed by atoms with E-state index in [1.54, 1.807) is 30.3 Å². The van der Waals surface area contributed by atoms with Gasteiger partial charge in [-0.15, -0.1) is 0 Å². The van der Waals surface area contributed by atoms with E-state index >= 15 is 0 Å². The molecule has 3 rings (SSSR count). The largest absolute Gasteiger partial charge is 0.397 e. The lowest BCUT2D eigenvalue weighted by Crippen LogP contribution is -2.35. The summed E-state index contributed by atoms with van der Waals surface area (Å²) in [5.41, 5.74) is 8.69. The molecule has 1 aliphatic heterocycles. The Labute approximate surface area is 165 Å². The standard InChI is InChI=1S/C19H19BrN4O3/c1-11-3-6-16(15(21)9-11)23-19(27)22-7-2-8-24-17(25)13-5-4-12(20)10-14(13)18(24)26/h3-6,9-10H,2,7-8,21H2,1H3,(H2,22,23,27). The second kappa shape index (κ2) is 7.79. The Morgan fingerprint density at radius 3 is 2.59 bits per heavy atom. The molecule has 27 heavy (non-hydrogen) atoms. The number of benzene rings is 2. The molecule has 0 unspecified atom stereocenters. The summed E-state index contributed by atoms with van der Waals surface area (Å²) in [6, 6.07) is 9.99. The van der Waals surface area contributed by atoms with Gasteiger partial charge in [-0.3, -0.25) is 14.5 Å². The molecule has 0 bridgehead atoms. The highest BCUT2D eigenvalue weighted by Gasteiger charge is 2.34. The van der Waals surface area contributed by atoms with Gasteiger partial charge in [-0.25, -0.2) is 4.79 Å². The minimum atomic E-state index is -0.392. The van der Waals surface area contributed by atoms with E-state index in [4.69, 9.17) is 5.73 Å². The van der Waals surface area contributed by atoms with Crippen LogP contribution in [0.4, 0.5) is 16.2 Å². The summed E-state index contributed by atoms with van der Waals surface area (Å²) in [6.07, 6.45) is 0.448. The van der Waals surface area contributed by atoms with Gasteiger partial charge in [0.15, 0.2) is 0 Å². The Morgan fingerprint density at radius 2 is 1.85 bits per heavy atom. The minimum absolute atomic E-state index is 0.233. The van der Waals surface area contributed by atoms with Crippen LogP contribution in [0.15, 0.2) is 40.9 Å². The molecule has 2 aromatic rings. The molecule has 4 amide bonds. The van der Waals surface area contributed by atoms with Gasteiger partial charge >= 0.3 is 6.03 Å². The van der Waals surface area contributed by atoms with Gasteiger partial charge in [0.1, 0.15) is 0 Å². The molecule has 2 aromatic carbocycles. The molecule has 0 radical (unpaired) electrons. The summed E-state index contributed by atoms with van der Waals surface area (Å²) in [5.74, 6) is -0.618. The summed E-state index contributed by atoms with van der Waals surface area (Å²) in [5, 5.41) is 5.37. The van der Waals surface area contributed by atoms with Gasteiger partial charge in [-0.05, 0) is 49.2 Å². The molecule has 1 aliphatic rings. The summed E-state index contributed by atoms with van der Waals surface area (Å²) in [4.78, 5) is 37.9. The molecule has 0 aliphatic carbocycles. The van der Waals surface area contributed by atoms with Gasteiger partial charge in [0, 0.05) is 17.6 Å². The van der Waals surface area contributed by atoms with Crippen LogP contribution in [0.25, 0.3) is 0 Å². The molecule has 0 spiro atoms. The van der Waals surface area contributed by atoms with E-state index in [0.717, 1.165) is 10.0 Å². The Morgan fingerprint density at radius 1 is 1.11 bits per heavy atom. The van der Waals surface area contributed by atoms with Gasteiger partial charge in [0.25, 0.3) is 11.8 Å². The second-order valence-electron chi connectivity index (χ2n) is 6.28. The average molecular weight is 431 g/mol. The summed E-state index contributed by atoms with van der Waals surface area (Å²) < 4.78 is 0.748. The van der Waals surface area contributed by atoms with Gasteiger partial charge in [-0.2, -0.15) is 0 Å². The van der Waals surface area contributed by atoms with Gasteiger partial charge < -0.3 is 16.4 Å². The number of hydrogen-bond acceptors (Lipinski definition) is 4. The van der Waals surface area contributed by atoms with Crippen molar-refractivity contribution in [3.63, 3.8) is 0 Å². The number of rotatable bonds is 5. The van der Waals surface area contributed by atoms with E-state index in [2.05, 4.69) is 26.6 Å². The molecule has 1 heterocycles. The Kier molecular flexibility index (Phi) is 5.46. The van der Waals surface area contributed by atoms with Gasteiger partial charge in [0.05, 0.1) is 22.5 Å². The lowest BCUT2D eigenvalue weighted by Gasteiger charge is -2.14. The van der Waals surface area contributed by atoms with Crippen LogP contribution >= 0.6 is 15.9 Å². The van der Waals surface area contributed by atoms with Crippen molar-refractivity contribution in [1.29, 1.82) is 0 Å². The van der Waals surface area contributed by atoms with Crippen molar-refractivity contribution in [3.05, 3.63) is 57.6 Å².